The summed E-state index contributed by atoms with van der Waals surface area (Å²) in [6, 6.07) is 14.6. The van der Waals surface area contributed by atoms with E-state index in [2.05, 4.69) is 41.9 Å². The van der Waals surface area contributed by atoms with Crippen LogP contribution in [0.3, 0.4) is 0 Å². The van der Waals surface area contributed by atoms with Crippen molar-refractivity contribution in [1.29, 1.82) is 0 Å². The first kappa shape index (κ1) is 6.69. The van der Waals surface area contributed by atoms with Crippen molar-refractivity contribution in [3.8, 4) is 5.30 Å². The number of benzene rings is 1. The van der Waals surface area contributed by atoms with Gasteiger partial charge in [-0.05, 0) is 17.2 Å². The Hall–Kier alpha value is -1.00. The molecule has 0 aliphatic carbocycles. The molecule has 0 saturated heterocycles. The van der Waals surface area contributed by atoms with Crippen LogP contribution < -0.4 is 0 Å². The topological polar surface area (TPSA) is 0 Å². The highest BCUT2D eigenvalue weighted by Crippen LogP contribution is 2.37. The van der Waals surface area contributed by atoms with Gasteiger partial charge in [-0.25, -0.2) is 0 Å². The van der Waals surface area contributed by atoms with Crippen LogP contribution in [-0.2, 0) is 0 Å². The quantitative estimate of drug-likeness (QED) is 0.597. The fourth-order valence-corrected chi connectivity index (χ4v) is 2.45. The summed E-state index contributed by atoms with van der Waals surface area (Å²) in [5, 5.41) is 1.38. The van der Waals surface area contributed by atoms with Crippen molar-refractivity contribution in [2.24, 2.45) is 0 Å². The lowest BCUT2D eigenvalue weighted by molar-refractivity contribution is 1.76. The van der Waals surface area contributed by atoms with Gasteiger partial charge in [-0.3, -0.25) is 0 Å². The molecule has 1 aromatic heterocycles. The van der Waals surface area contributed by atoms with E-state index < -0.39 is 0 Å². The van der Waals surface area contributed by atoms with Crippen LogP contribution in [0.25, 0.3) is 5.30 Å². The highest BCUT2D eigenvalue weighted by molar-refractivity contribution is 7.55. The van der Waals surface area contributed by atoms with Gasteiger partial charge in [-0.2, -0.15) is 0 Å². The van der Waals surface area contributed by atoms with Gasteiger partial charge in [0.1, 0.15) is 0 Å². The maximum absolute atomic E-state index is 3.30. The van der Waals surface area contributed by atoms with Gasteiger partial charge in [0, 0.05) is 5.80 Å². The average Bonchev–Trinajstić information content (AvgIpc) is 2.58. The number of rotatable bonds is 1. The lowest BCUT2D eigenvalue weighted by Crippen LogP contribution is -1.60. The molecule has 0 fully saturated rings. The molecule has 0 nitrogen and oxygen atoms in total. The summed E-state index contributed by atoms with van der Waals surface area (Å²) < 4.78 is 0. The molecule has 1 atom stereocenters. The standard InChI is InChI=1S/C10H8P/c1-2-6-10(7-3-1)11-8-4-5-9-11/h1-8H. The van der Waals surface area contributed by atoms with E-state index in [4.69, 9.17) is 0 Å². The fourth-order valence-electron chi connectivity index (χ4n) is 1.04. The van der Waals surface area contributed by atoms with Gasteiger partial charge in [-0.15, -0.1) is 0 Å². The third-order valence-corrected chi connectivity index (χ3v) is 3.33. The first-order chi connectivity index (χ1) is 5.47. The van der Waals surface area contributed by atoms with Gasteiger partial charge in [0.15, 0.2) is 0 Å². The van der Waals surface area contributed by atoms with Crippen molar-refractivity contribution >= 4 is 7.53 Å². The van der Waals surface area contributed by atoms with Gasteiger partial charge in [0.25, 0.3) is 0 Å². The second-order valence-corrected chi connectivity index (χ2v) is 4.16. The molecule has 1 radical (unpaired) electrons. The van der Waals surface area contributed by atoms with Gasteiger partial charge in [0.05, 0.1) is 0 Å². The summed E-state index contributed by atoms with van der Waals surface area (Å²) in [6.45, 7) is 0. The van der Waals surface area contributed by atoms with E-state index in [1.807, 2.05) is 12.1 Å². The predicted octanol–water partition coefficient (Wildman–Crippen LogP) is 3.46. The van der Waals surface area contributed by atoms with Crippen molar-refractivity contribution in [3.63, 3.8) is 0 Å². The molecule has 1 heteroatoms. The summed E-state index contributed by atoms with van der Waals surface area (Å²) >= 11 is 0. The van der Waals surface area contributed by atoms with Crippen LogP contribution in [0.1, 0.15) is 0 Å². The van der Waals surface area contributed by atoms with Crippen molar-refractivity contribution in [2.75, 3.05) is 0 Å². The Labute approximate surface area is 67.6 Å². The SMILES string of the molecule is [c]1cccp1-c1ccccc1. The summed E-state index contributed by atoms with van der Waals surface area (Å²) in [5.41, 5.74) is 0. The Bertz CT molecular complexity index is 308. The molecule has 0 aliphatic heterocycles. The Balaban J connectivity index is 2.46. The lowest BCUT2D eigenvalue weighted by atomic mass is 10.4. The van der Waals surface area contributed by atoms with Crippen LogP contribution in [0, 0.1) is 5.80 Å². The second kappa shape index (κ2) is 2.94. The van der Waals surface area contributed by atoms with Crippen molar-refractivity contribution in [2.45, 2.75) is 0 Å². The zero-order chi connectivity index (χ0) is 7.52. The van der Waals surface area contributed by atoms with Crippen molar-refractivity contribution < 1.29 is 0 Å². The molecule has 1 unspecified atom stereocenters. The average molecular weight is 159 g/mol. The minimum absolute atomic E-state index is 0.226. The van der Waals surface area contributed by atoms with Gasteiger partial charge in [0.2, 0.25) is 0 Å². The molecule has 53 valence electrons. The monoisotopic (exact) mass is 159 g/mol. The molecule has 0 N–H and O–H groups in total. The highest BCUT2D eigenvalue weighted by Gasteiger charge is 1.92. The first-order valence-corrected chi connectivity index (χ1v) is 4.98. The Morgan fingerprint density at radius 2 is 1.82 bits per heavy atom. The second-order valence-electron chi connectivity index (χ2n) is 2.34. The van der Waals surface area contributed by atoms with Gasteiger partial charge in [-0.1, -0.05) is 43.9 Å². The Morgan fingerprint density at radius 1 is 1.00 bits per heavy atom. The molecule has 1 aromatic carbocycles. The van der Waals surface area contributed by atoms with E-state index in [-0.39, 0.29) is 7.53 Å². The molecule has 0 saturated carbocycles. The summed E-state index contributed by atoms with van der Waals surface area (Å²) in [4.78, 5) is 0. The lowest BCUT2D eigenvalue weighted by Gasteiger charge is -1.94. The molecule has 0 aliphatic rings. The Kier molecular flexibility index (Phi) is 1.79. The molecular weight excluding hydrogens is 151 g/mol. The van der Waals surface area contributed by atoms with Crippen LogP contribution in [0.5, 0.6) is 0 Å². The smallest absolute Gasteiger partial charge is 0.00993 e. The molecule has 0 amide bonds. The maximum Gasteiger partial charge on any atom is 0.00993 e. The summed E-state index contributed by atoms with van der Waals surface area (Å²) in [7, 11) is -0.226. The van der Waals surface area contributed by atoms with Crippen molar-refractivity contribution in [3.05, 3.63) is 54.1 Å². The Morgan fingerprint density at radius 3 is 2.45 bits per heavy atom. The number of hydrogen-bond acceptors (Lipinski definition) is 0. The summed E-state index contributed by atoms with van der Waals surface area (Å²) in [6.07, 6.45) is 0. The van der Waals surface area contributed by atoms with Crippen LogP contribution in [0.15, 0.2) is 48.3 Å². The molecule has 0 bridgehead atoms. The molecule has 2 rings (SSSR count). The fraction of sp³-hybridized carbons (Fsp3) is 0. The first-order valence-electron chi connectivity index (χ1n) is 3.57. The van der Waals surface area contributed by atoms with E-state index in [0.29, 0.717) is 0 Å². The molecule has 2 aromatic rings. The third-order valence-electron chi connectivity index (χ3n) is 1.58. The minimum Gasteiger partial charge on any atom is -0.0850 e. The van der Waals surface area contributed by atoms with E-state index in [0.717, 1.165) is 0 Å². The van der Waals surface area contributed by atoms with E-state index >= 15 is 0 Å². The normalized spacial score (nSPS) is 9.82. The molecular formula is C10H8P. The largest absolute Gasteiger partial charge is 0.0850 e. The zero-order valence-electron chi connectivity index (χ0n) is 6.07. The maximum atomic E-state index is 3.30. The third kappa shape index (κ3) is 1.36. The molecule has 0 spiro atoms. The van der Waals surface area contributed by atoms with E-state index in [1.165, 1.54) is 5.30 Å². The van der Waals surface area contributed by atoms with Crippen LogP contribution in [-0.4, -0.2) is 0 Å². The van der Waals surface area contributed by atoms with Crippen LogP contribution in [0.2, 0.25) is 0 Å². The zero-order valence-corrected chi connectivity index (χ0v) is 6.96. The van der Waals surface area contributed by atoms with Crippen LogP contribution >= 0.6 is 7.53 Å². The van der Waals surface area contributed by atoms with E-state index in [9.17, 15) is 0 Å². The minimum atomic E-state index is -0.226. The van der Waals surface area contributed by atoms with Gasteiger partial charge < -0.3 is 0 Å². The summed E-state index contributed by atoms with van der Waals surface area (Å²) in [5.74, 6) is 5.51. The highest BCUT2D eigenvalue weighted by atomic mass is 31.1. The molecule has 1 heterocycles. The van der Waals surface area contributed by atoms with Crippen molar-refractivity contribution in [1.82, 2.24) is 0 Å². The van der Waals surface area contributed by atoms with E-state index in [1.54, 1.807) is 0 Å². The van der Waals surface area contributed by atoms with Gasteiger partial charge >= 0.3 is 0 Å². The predicted molar refractivity (Wildman–Crippen MR) is 49.3 cm³/mol. The van der Waals surface area contributed by atoms with Crippen LogP contribution in [0.4, 0.5) is 0 Å². The molecule has 11 heavy (non-hydrogen) atoms. The number of hydrogen-bond donors (Lipinski definition) is 0.